The van der Waals surface area contributed by atoms with E-state index in [1.165, 1.54) is 27.8 Å². The quantitative estimate of drug-likeness (QED) is 0.228. The van der Waals surface area contributed by atoms with Gasteiger partial charge in [-0.25, -0.2) is 4.98 Å². The first-order valence-electron chi connectivity index (χ1n) is 12.7. The van der Waals surface area contributed by atoms with Crippen molar-refractivity contribution in [3.8, 4) is 5.75 Å². The van der Waals surface area contributed by atoms with Crippen molar-refractivity contribution in [2.75, 3.05) is 6.61 Å². The van der Waals surface area contributed by atoms with Crippen LogP contribution in [-0.2, 0) is 13.0 Å². The molecule has 0 spiro atoms. The summed E-state index contributed by atoms with van der Waals surface area (Å²) in [5.74, 6) is 3.03. The Balaban J connectivity index is 1.45. The van der Waals surface area contributed by atoms with Crippen LogP contribution in [0.15, 0.2) is 66.7 Å². The van der Waals surface area contributed by atoms with Crippen LogP contribution >= 0.6 is 0 Å². The van der Waals surface area contributed by atoms with Crippen LogP contribution < -0.4 is 4.74 Å². The van der Waals surface area contributed by atoms with Gasteiger partial charge in [-0.1, -0.05) is 63.2 Å². The summed E-state index contributed by atoms with van der Waals surface area (Å²) in [6.07, 6.45) is 3.19. The molecular weight excluding hydrogens is 416 g/mol. The number of hydrogen-bond acceptors (Lipinski definition) is 2. The third kappa shape index (κ3) is 5.70. The second-order valence-corrected chi connectivity index (χ2v) is 9.97. The molecule has 0 aliphatic rings. The highest BCUT2D eigenvalue weighted by molar-refractivity contribution is 5.76. The summed E-state index contributed by atoms with van der Waals surface area (Å²) in [7, 11) is 0. The fraction of sp³-hybridized carbons (Fsp3) is 0.387. The van der Waals surface area contributed by atoms with E-state index in [4.69, 9.17) is 9.72 Å². The first-order chi connectivity index (χ1) is 16.4. The Morgan fingerprint density at radius 2 is 1.62 bits per heavy atom. The van der Waals surface area contributed by atoms with E-state index >= 15 is 0 Å². The van der Waals surface area contributed by atoms with E-state index in [1.54, 1.807) is 0 Å². The number of rotatable bonds is 10. The third-order valence-corrected chi connectivity index (χ3v) is 6.72. The minimum Gasteiger partial charge on any atom is -0.494 e. The van der Waals surface area contributed by atoms with Gasteiger partial charge in [0.1, 0.15) is 11.6 Å². The Morgan fingerprint density at radius 1 is 0.853 bits per heavy atom. The zero-order valence-electron chi connectivity index (χ0n) is 21.3. The molecule has 0 saturated carbocycles. The molecule has 0 aliphatic heterocycles. The standard InChI is InChI=1S/C31H38N2O/c1-22(2)20-26-13-15-27(16-14-26)25(5)31-32-29-10-6-7-11-30(29)33(31)18-8-9-19-34-28-17-12-23(3)24(4)21-28/h6-7,10-17,21-22,25H,8-9,18-20H2,1-5H3. The van der Waals surface area contributed by atoms with Crippen LogP contribution in [0.1, 0.15) is 67.6 Å². The third-order valence-electron chi connectivity index (χ3n) is 6.72. The number of imidazole rings is 1. The molecule has 3 heteroatoms. The summed E-state index contributed by atoms with van der Waals surface area (Å²) >= 11 is 0. The van der Waals surface area contributed by atoms with Gasteiger partial charge < -0.3 is 9.30 Å². The maximum atomic E-state index is 6.01. The Bertz CT molecular complexity index is 1220. The number of aromatic nitrogens is 2. The van der Waals surface area contributed by atoms with Gasteiger partial charge in [0.05, 0.1) is 17.6 Å². The molecule has 0 amide bonds. The zero-order chi connectivity index (χ0) is 24.1. The van der Waals surface area contributed by atoms with E-state index in [2.05, 4.69) is 106 Å². The molecule has 34 heavy (non-hydrogen) atoms. The summed E-state index contributed by atoms with van der Waals surface area (Å²) in [6, 6.07) is 23.9. The number of ether oxygens (including phenoxy) is 1. The number of fused-ring (bicyclic) bond motifs is 1. The van der Waals surface area contributed by atoms with E-state index in [0.717, 1.165) is 49.5 Å². The predicted molar refractivity (Wildman–Crippen MR) is 143 cm³/mol. The van der Waals surface area contributed by atoms with Gasteiger partial charge in [-0.3, -0.25) is 0 Å². The highest BCUT2D eigenvalue weighted by Gasteiger charge is 2.18. The number of benzene rings is 3. The second kappa shape index (κ2) is 10.9. The predicted octanol–water partition coefficient (Wildman–Crippen LogP) is 7.86. The lowest BCUT2D eigenvalue weighted by molar-refractivity contribution is 0.303. The molecule has 3 nitrogen and oxygen atoms in total. The van der Waals surface area contributed by atoms with Crippen molar-refractivity contribution in [3.05, 3.63) is 94.8 Å². The molecule has 1 atom stereocenters. The molecule has 1 aromatic heterocycles. The molecule has 3 aromatic carbocycles. The van der Waals surface area contributed by atoms with Crippen LogP contribution in [0, 0.1) is 19.8 Å². The van der Waals surface area contributed by atoms with Crippen molar-refractivity contribution in [3.63, 3.8) is 0 Å². The van der Waals surface area contributed by atoms with Crippen LogP contribution in [0.3, 0.4) is 0 Å². The fourth-order valence-corrected chi connectivity index (χ4v) is 4.59. The van der Waals surface area contributed by atoms with Crippen molar-refractivity contribution in [2.24, 2.45) is 5.92 Å². The van der Waals surface area contributed by atoms with Crippen LogP contribution in [-0.4, -0.2) is 16.2 Å². The van der Waals surface area contributed by atoms with E-state index in [0.29, 0.717) is 5.92 Å². The number of nitrogens with zero attached hydrogens (tertiary/aromatic N) is 2. The minimum atomic E-state index is 0.243. The first kappa shape index (κ1) is 24.1. The molecule has 0 bridgehead atoms. The van der Waals surface area contributed by atoms with Gasteiger partial charge in [0.25, 0.3) is 0 Å². The summed E-state index contributed by atoms with van der Waals surface area (Å²) in [4.78, 5) is 5.06. The van der Waals surface area contributed by atoms with Crippen molar-refractivity contribution in [1.82, 2.24) is 9.55 Å². The maximum Gasteiger partial charge on any atom is 0.119 e. The summed E-state index contributed by atoms with van der Waals surface area (Å²) in [5, 5.41) is 0. The van der Waals surface area contributed by atoms with E-state index < -0.39 is 0 Å². The maximum absolute atomic E-state index is 6.01. The molecule has 0 N–H and O–H groups in total. The lowest BCUT2D eigenvalue weighted by Gasteiger charge is -2.16. The molecule has 0 fully saturated rings. The Hall–Kier alpha value is -3.07. The van der Waals surface area contributed by atoms with Gasteiger partial charge in [-0.05, 0) is 85.5 Å². The largest absolute Gasteiger partial charge is 0.494 e. The molecule has 4 rings (SSSR count). The Kier molecular flexibility index (Phi) is 7.72. The van der Waals surface area contributed by atoms with E-state index in [9.17, 15) is 0 Å². The van der Waals surface area contributed by atoms with Gasteiger partial charge in [0, 0.05) is 12.5 Å². The monoisotopic (exact) mass is 454 g/mol. The topological polar surface area (TPSA) is 27.1 Å². The normalized spacial score (nSPS) is 12.4. The molecule has 4 aromatic rings. The molecule has 0 radical (unpaired) electrons. The minimum absolute atomic E-state index is 0.243. The Labute approximate surface area is 204 Å². The van der Waals surface area contributed by atoms with Crippen molar-refractivity contribution >= 4 is 11.0 Å². The molecular formula is C31H38N2O. The molecule has 178 valence electrons. The smallest absolute Gasteiger partial charge is 0.119 e. The summed E-state index contributed by atoms with van der Waals surface area (Å²) in [5.41, 5.74) is 7.60. The second-order valence-electron chi connectivity index (χ2n) is 9.97. The first-order valence-corrected chi connectivity index (χ1v) is 12.7. The molecule has 1 heterocycles. The van der Waals surface area contributed by atoms with E-state index in [1.807, 2.05) is 0 Å². The van der Waals surface area contributed by atoms with Gasteiger partial charge in [0.2, 0.25) is 0 Å². The average molecular weight is 455 g/mol. The summed E-state index contributed by atoms with van der Waals surface area (Å²) in [6.45, 7) is 12.8. The van der Waals surface area contributed by atoms with Crippen LogP contribution in [0.25, 0.3) is 11.0 Å². The van der Waals surface area contributed by atoms with Crippen LogP contribution in [0.4, 0.5) is 0 Å². The van der Waals surface area contributed by atoms with Gasteiger partial charge in [-0.2, -0.15) is 0 Å². The number of para-hydroxylation sites is 2. The van der Waals surface area contributed by atoms with Crippen molar-refractivity contribution < 1.29 is 4.74 Å². The summed E-state index contributed by atoms with van der Waals surface area (Å²) < 4.78 is 8.42. The van der Waals surface area contributed by atoms with Gasteiger partial charge >= 0.3 is 0 Å². The number of unbranched alkanes of at least 4 members (excludes halogenated alkanes) is 1. The lowest BCUT2D eigenvalue weighted by atomic mass is 9.96. The molecule has 1 unspecified atom stereocenters. The lowest BCUT2D eigenvalue weighted by Crippen LogP contribution is -2.10. The van der Waals surface area contributed by atoms with Gasteiger partial charge in [0.15, 0.2) is 0 Å². The highest BCUT2D eigenvalue weighted by Crippen LogP contribution is 2.28. The zero-order valence-corrected chi connectivity index (χ0v) is 21.3. The Morgan fingerprint density at radius 3 is 2.35 bits per heavy atom. The van der Waals surface area contributed by atoms with E-state index in [-0.39, 0.29) is 5.92 Å². The number of hydrogen-bond donors (Lipinski definition) is 0. The average Bonchev–Trinajstić information content (AvgIpc) is 3.19. The fourth-order valence-electron chi connectivity index (χ4n) is 4.59. The van der Waals surface area contributed by atoms with Gasteiger partial charge in [-0.15, -0.1) is 0 Å². The van der Waals surface area contributed by atoms with Crippen molar-refractivity contribution in [1.29, 1.82) is 0 Å². The van der Waals surface area contributed by atoms with Crippen LogP contribution in [0.5, 0.6) is 5.75 Å². The SMILES string of the molecule is Cc1ccc(OCCCCn2c(C(C)c3ccc(CC(C)C)cc3)nc3ccccc32)cc1C. The molecule has 0 saturated heterocycles. The highest BCUT2D eigenvalue weighted by atomic mass is 16.5. The molecule has 0 aliphatic carbocycles. The van der Waals surface area contributed by atoms with Crippen molar-refractivity contribution in [2.45, 2.75) is 66.3 Å². The van der Waals surface area contributed by atoms with Crippen LogP contribution in [0.2, 0.25) is 0 Å². The number of aryl methyl sites for hydroxylation is 3.